The lowest BCUT2D eigenvalue weighted by molar-refractivity contribution is 0.0846. The second-order valence-electron chi connectivity index (χ2n) is 4.90. The third kappa shape index (κ3) is 2.68. The third-order valence-electron chi connectivity index (χ3n) is 3.44. The van der Waals surface area contributed by atoms with Gasteiger partial charge in [0.05, 0.1) is 18.1 Å². The van der Waals surface area contributed by atoms with E-state index >= 15 is 0 Å². The van der Waals surface area contributed by atoms with Gasteiger partial charge in [0, 0.05) is 6.54 Å². The highest BCUT2D eigenvalue weighted by atomic mass is 32.2. The molecule has 1 aromatic rings. The van der Waals surface area contributed by atoms with Crippen molar-refractivity contribution in [3.8, 4) is 5.75 Å². The largest absolute Gasteiger partial charge is 0.494 e. The van der Waals surface area contributed by atoms with Crippen molar-refractivity contribution in [2.75, 3.05) is 19.8 Å². The molecule has 2 rings (SSSR count). The van der Waals surface area contributed by atoms with Gasteiger partial charge in [0.2, 0.25) is 10.0 Å². The fourth-order valence-corrected chi connectivity index (χ4v) is 4.18. The highest BCUT2D eigenvalue weighted by Crippen LogP contribution is 2.29. The quantitative estimate of drug-likeness (QED) is 0.854. The van der Waals surface area contributed by atoms with Crippen molar-refractivity contribution in [2.45, 2.75) is 38.8 Å². The summed E-state index contributed by atoms with van der Waals surface area (Å²) in [6.45, 7) is 8.70. The van der Waals surface area contributed by atoms with Crippen LogP contribution in [0.25, 0.3) is 0 Å². The molecule has 0 amide bonds. The molecule has 0 aliphatic carbocycles. The van der Waals surface area contributed by atoms with E-state index < -0.39 is 16.3 Å². The van der Waals surface area contributed by atoms with Gasteiger partial charge >= 0.3 is 0 Å². The van der Waals surface area contributed by atoms with Gasteiger partial charge in [0.1, 0.15) is 12.0 Å². The Morgan fingerprint density at radius 1 is 1.35 bits per heavy atom. The average Bonchev–Trinajstić information content (AvgIpc) is 2.80. The van der Waals surface area contributed by atoms with E-state index in [1.807, 2.05) is 13.8 Å². The highest BCUT2D eigenvalue weighted by molar-refractivity contribution is 7.89. The molecule has 1 heterocycles. The Labute approximate surface area is 120 Å². The van der Waals surface area contributed by atoms with Crippen molar-refractivity contribution in [3.05, 3.63) is 23.3 Å². The molecular formula is C14H21NO4S. The van der Waals surface area contributed by atoms with Crippen molar-refractivity contribution in [2.24, 2.45) is 0 Å². The van der Waals surface area contributed by atoms with E-state index in [0.29, 0.717) is 30.2 Å². The van der Waals surface area contributed by atoms with Gasteiger partial charge in [-0.2, -0.15) is 4.31 Å². The minimum atomic E-state index is -3.52. The maximum Gasteiger partial charge on any atom is 0.245 e. The van der Waals surface area contributed by atoms with Gasteiger partial charge < -0.3 is 9.47 Å². The van der Waals surface area contributed by atoms with Gasteiger partial charge in [0.25, 0.3) is 0 Å². The van der Waals surface area contributed by atoms with E-state index in [0.717, 1.165) is 11.3 Å². The van der Waals surface area contributed by atoms with Crippen LogP contribution in [0, 0.1) is 13.8 Å². The summed E-state index contributed by atoms with van der Waals surface area (Å²) in [7, 11) is -3.52. The number of benzene rings is 1. The molecule has 0 N–H and O–H groups in total. The standard InChI is InChI=1S/C14H21NO4S/c1-5-18-13-8-11(3)14(9-10(13)2)20(16,17)15-6-7-19-12(15)4/h8-9,12H,5-7H2,1-4H3. The van der Waals surface area contributed by atoms with Crippen LogP contribution >= 0.6 is 0 Å². The molecule has 112 valence electrons. The van der Waals surface area contributed by atoms with Crippen molar-refractivity contribution < 1.29 is 17.9 Å². The Kier molecular flexibility index (Phi) is 4.36. The number of hydrogen-bond acceptors (Lipinski definition) is 4. The summed E-state index contributed by atoms with van der Waals surface area (Å²) in [6.07, 6.45) is -0.411. The zero-order chi connectivity index (χ0) is 14.9. The second-order valence-corrected chi connectivity index (χ2v) is 6.76. The fraction of sp³-hybridized carbons (Fsp3) is 0.571. The summed E-state index contributed by atoms with van der Waals surface area (Å²) in [6, 6.07) is 3.47. The van der Waals surface area contributed by atoms with Gasteiger partial charge in [-0.05, 0) is 51.0 Å². The minimum Gasteiger partial charge on any atom is -0.494 e. The molecule has 5 nitrogen and oxygen atoms in total. The molecule has 0 saturated carbocycles. The summed E-state index contributed by atoms with van der Waals surface area (Å²) in [5.41, 5.74) is 1.52. The number of sulfonamides is 1. The molecule has 1 saturated heterocycles. The molecule has 0 bridgehead atoms. The summed E-state index contributed by atoms with van der Waals surface area (Å²) < 4.78 is 37.6. The number of ether oxygens (including phenoxy) is 2. The summed E-state index contributed by atoms with van der Waals surface area (Å²) >= 11 is 0. The fourth-order valence-electron chi connectivity index (χ4n) is 2.37. The summed E-state index contributed by atoms with van der Waals surface area (Å²) in [5.74, 6) is 0.731. The van der Waals surface area contributed by atoms with Crippen LogP contribution in [-0.4, -0.2) is 38.7 Å². The zero-order valence-corrected chi connectivity index (χ0v) is 13.2. The third-order valence-corrected chi connectivity index (χ3v) is 5.53. The molecule has 1 aliphatic heterocycles. The number of nitrogens with zero attached hydrogens (tertiary/aromatic N) is 1. The van der Waals surface area contributed by atoms with Gasteiger partial charge in [-0.3, -0.25) is 0 Å². The van der Waals surface area contributed by atoms with Crippen LogP contribution < -0.4 is 4.74 Å². The molecule has 20 heavy (non-hydrogen) atoms. The molecule has 1 aliphatic rings. The van der Waals surface area contributed by atoms with E-state index in [4.69, 9.17) is 9.47 Å². The Morgan fingerprint density at radius 3 is 2.60 bits per heavy atom. The first-order chi connectivity index (χ1) is 9.37. The van der Waals surface area contributed by atoms with E-state index in [-0.39, 0.29) is 0 Å². The van der Waals surface area contributed by atoms with E-state index in [1.165, 1.54) is 4.31 Å². The summed E-state index contributed by atoms with van der Waals surface area (Å²) in [5, 5.41) is 0. The van der Waals surface area contributed by atoms with Crippen LogP contribution in [0.5, 0.6) is 5.75 Å². The smallest absolute Gasteiger partial charge is 0.245 e. The van der Waals surface area contributed by atoms with Crippen LogP contribution in [0.3, 0.4) is 0 Å². The Balaban J connectivity index is 2.44. The topological polar surface area (TPSA) is 55.8 Å². The van der Waals surface area contributed by atoms with Crippen molar-refractivity contribution in [1.29, 1.82) is 0 Å². The molecule has 1 atom stereocenters. The van der Waals surface area contributed by atoms with Crippen molar-refractivity contribution >= 4 is 10.0 Å². The molecule has 0 spiro atoms. The molecule has 1 aromatic carbocycles. The van der Waals surface area contributed by atoms with Gasteiger partial charge in [-0.25, -0.2) is 8.42 Å². The SMILES string of the molecule is CCOc1cc(C)c(S(=O)(=O)N2CCOC2C)cc1C. The maximum absolute atomic E-state index is 12.7. The van der Waals surface area contributed by atoms with E-state index in [1.54, 1.807) is 26.0 Å². The van der Waals surface area contributed by atoms with Crippen LogP contribution in [-0.2, 0) is 14.8 Å². The minimum absolute atomic E-state index is 0.329. The van der Waals surface area contributed by atoms with Crippen molar-refractivity contribution in [1.82, 2.24) is 4.31 Å². The number of aryl methyl sites for hydroxylation is 2. The lowest BCUT2D eigenvalue weighted by Gasteiger charge is -2.21. The van der Waals surface area contributed by atoms with E-state index in [2.05, 4.69) is 0 Å². The van der Waals surface area contributed by atoms with Crippen LogP contribution in [0.2, 0.25) is 0 Å². The lowest BCUT2D eigenvalue weighted by Crippen LogP contribution is -2.34. The molecular weight excluding hydrogens is 278 g/mol. The molecule has 0 aromatic heterocycles. The summed E-state index contributed by atoms with van der Waals surface area (Å²) in [4.78, 5) is 0.329. The zero-order valence-electron chi connectivity index (χ0n) is 12.3. The van der Waals surface area contributed by atoms with E-state index in [9.17, 15) is 8.42 Å². The Morgan fingerprint density at radius 2 is 2.05 bits per heavy atom. The Hall–Kier alpha value is -1.11. The predicted octanol–water partition coefficient (Wildman–Crippen LogP) is 2.07. The Bertz CT molecular complexity index is 597. The monoisotopic (exact) mass is 299 g/mol. The van der Waals surface area contributed by atoms with Gasteiger partial charge in [-0.1, -0.05) is 0 Å². The van der Waals surface area contributed by atoms with Gasteiger partial charge in [-0.15, -0.1) is 0 Å². The lowest BCUT2D eigenvalue weighted by atomic mass is 10.1. The van der Waals surface area contributed by atoms with Gasteiger partial charge in [0.15, 0.2) is 0 Å². The first-order valence-corrected chi connectivity index (χ1v) is 8.19. The normalized spacial score (nSPS) is 20.3. The van der Waals surface area contributed by atoms with Crippen LogP contribution in [0.15, 0.2) is 17.0 Å². The first kappa shape index (κ1) is 15.3. The average molecular weight is 299 g/mol. The molecule has 6 heteroatoms. The molecule has 1 fully saturated rings. The second kappa shape index (κ2) is 5.71. The first-order valence-electron chi connectivity index (χ1n) is 6.75. The van der Waals surface area contributed by atoms with Crippen LogP contribution in [0.4, 0.5) is 0 Å². The number of hydrogen-bond donors (Lipinski definition) is 0. The maximum atomic E-state index is 12.7. The van der Waals surface area contributed by atoms with Crippen molar-refractivity contribution in [3.63, 3.8) is 0 Å². The molecule has 0 radical (unpaired) electrons. The number of rotatable bonds is 4. The molecule has 1 unspecified atom stereocenters. The predicted molar refractivity (Wildman–Crippen MR) is 76.4 cm³/mol. The van der Waals surface area contributed by atoms with Crippen LogP contribution in [0.1, 0.15) is 25.0 Å². The highest BCUT2D eigenvalue weighted by Gasteiger charge is 2.34.